The highest BCUT2D eigenvalue weighted by atomic mass is 16.2. The second-order valence-corrected chi connectivity index (χ2v) is 4.68. The minimum Gasteiger partial charge on any atom is -0.384 e. The lowest BCUT2D eigenvalue weighted by atomic mass is 10.1. The Bertz CT molecular complexity index is 418. The number of aromatic nitrogens is 1. The number of carbonyl (C=O) groups excluding carboxylic acids is 1. The van der Waals surface area contributed by atoms with Crippen molar-refractivity contribution in [2.75, 3.05) is 25.0 Å². The number of anilines is 1. The highest BCUT2D eigenvalue weighted by Gasteiger charge is 2.17. The van der Waals surface area contributed by atoms with E-state index in [1.807, 2.05) is 24.8 Å². The molecule has 4 heteroatoms. The third-order valence-electron chi connectivity index (χ3n) is 3.00. The van der Waals surface area contributed by atoms with Crippen molar-refractivity contribution >= 4 is 11.6 Å². The smallest absolute Gasteiger partial charge is 0.257 e. The number of nitrogens with one attached hydrogen (secondary N) is 1. The summed E-state index contributed by atoms with van der Waals surface area (Å²) in [7, 11) is 0. The number of hydrogen-bond donors (Lipinski definition) is 1. The van der Waals surface area contributed by atoms with Crippen molar-refractivity contribution in [3.05, 3.63) is 23.5 Å². The first-order valence-electron chi connectivity index (χ1n) is 7.13. The van der Waals surface area contributed by atoms with E-state index in [4.69, 9.17) is 0 Å². The maximum absolute atomic E-state index is 12.5. The van der Waals surface area contributed by atoms with Crippen LogP contribution in [0.1, 0.15) is 49.7 Å². The Labute approximate surface area is 116 Å². The van der Waals surface area contributed by atoms with E-state index < -0.39 is 0 Å². The molecular weight excluding hydrogens is 238 g/mol. The summed E-state index contributed by atoms with van der Waals surface area (Å²) in [5.41, 5.74) is 2.50. The quantitative estimate of drug-likeness (QED) is 0.822. The molecule has 106 valence electrons. The van der Waals surface area contributed by atoms with E-state index in [1.165, 1.54) is 0 Å². The van der Waals surface area contributed by atoms with E-state index in [0.717, 1.165) is 43.9 Å². The van der Waals surface area contributed by atoms with E-state index in [2.05, 4.69) is 24.1 Å². The van der Waals surface area contributed by atoms with Crippen LogP contribution >= 0.6 is 0 Å². The molecule has 0 atom stereocenters. The topological polar surface area (TPSA) is 45.2 Å². The van der Waals surface area contributed by atoms with Gasteiger partial charge in [0.25, 0.3) is 5.91 Å². The summed E-state index contributed by atoms with van der Waals surface area (Å²) in [6, 6.07) is 1.95. The molecule has 1 N–H and O–H groups in total. The highest BCUT2D eigenvalue weighted by molar-refractivity contribution is 5.99. The van der Waals surface area contributed by atoms with Gasteiger partial charge in [-0.05, 0) is 32.8 Å². The maximum atomic E-state index is 12.5. The fourth-order valence-corrected chi connectivity index (χ4v) is 1.98. The van der Waals surface area contributed by atoms with Gasteiger partial charge in [-0.2, -0.15) is 0 Å². The zero-order valence-electron chi connectivity index (χ0n) is 12.5. The lowest BCUT2D eigenvalue weighted by Gasteiger charge is -2.22. The molecule has 0 aliphatic rings. The van der Waals surface area contributed by atoms with Gasteiger partial charge in [0.2, 0.25) is 0 Å². The molecule has 0 saturated carbocycles. The van der Waals surface area contributed by atoms with Gasteiger partial charge in [0, 0.05) is 31.5 Å². The Morgan fingerprint density at radius 3 is 2.63 bits per heavy atom. The fraction of sp³-hybridized carbons (Fsp3) is 0.600. The summed E-state index contributed by atoms with van der Waals surface area (Å²) in [6.45, 7) is 10.5. The second-order valence-electron chi connectivity index (χ2n) is 4.68. The zero-order chi connectivity index (χ0) is 14.3. The lowest BCUT2D eigenvalue weighted by Crippen LogP contribution is -2.32. The number of nitrogens with zero attached hydrogens (tertiary/aromatic N) is 2. The Kier molecular flexibility index (Phi) is 6.33. The lowest BCUT2D eigenvalue weighted by molar-refractivity contribution is 0.0765. The van der Waals surface area contributed by atoms with Gasteiger partial charge in [-0.3, -0.25) is 9.78 Å². The molecule has 1 heterocycles. The molecule has 4 nitrogen and oxygen atoms in total. The maximum Gasteiger partial charge on any atom is 0.257 e. The summed E-state index contributed by atoms with van der Waals surface area (Å²) in [5, 5.41) is 3.32. The van der Waals surface area contributed by atoms with Crippen LogP contribution < -0.4 is 5.32 Å². The van der Waals surface area contributed by atoms with Gasteiger partial charge >= 0.3 is 0 Å². The van der Waals surface area contributed by atoms with Crippen LogP contribution in [0, 0.1) is 6.92 Å². The minimum atomic E-state index is 0.0652. The van der Waals surface area contributed by atoms with Crippen LogP contribution in [0.25, 0.3) is 0 Å². The molecular formula is C15H25N3O. The van der Waals surface area contributed by atoms with E-state index >= 15 is 0 Å². The van der Waals surface area contributed by atoms with E-state index in [9.17, 15) is 4.79 Å². The van der Waals surface area contributed by atoms with Crippen LogP contribution in [-0.2, 0) is 0 Å². The standard InChI is InChI=1S/C15H25N3O/c1-5-8-16-14-10-12(4)17-11-13(14)15(19)18(7-3)9-6-2/h10-11H,5-9H2,1-4H3,(H,16,17). The number of amides is 1. The van der Waals surface area contributed by atoms with E-state index in [-0.39, 0.29) is 5.91 Å². The monoisotopic (exact) mass is 263 g/mol. The highest BCUT2D eigenvalue weighted by Crippen LogP contribution is 2.18. The molecule has 0 aliphatic carbocycles. The normalized spacial score (nSPS) is 10.3. The molecule has 0 saturated heterocycles. The van der Waals surface area contributed by atoms with Crippen LogP contribution in [-0.4, -0.2) is 35.4 Å². The first kappa shape index (κ1) is 15.5. The van der Waals surface area contributed by atoms with Gasteiger partial charge in [-0.1, -0.05) is 13.8 Å². The molecule has 1 rings (SSSR count). The summed E-state index contributed by atoms with van der Waals surface area (Å²) in [4.78, 5) is 18.6. The van der Waals surface area contributed by atoms with Gasteiger partial charge in [0.1, 0.15) is 0 Å². The van der Waals surface area contributed by atoms with Crippen LogP contribution in [0.4, 0.5) is 5.69 Å². The average Bonchev–Trinajstić information content (AvgIpc) is 2.42. The van der Waals surface area contributed by atoms with Crippen molar-refractivity contribution in [1.29, 1.82) is 0 Å². The summed E-state index contributed by atoms with van der Waals surface area (Å²) >= 11 is 0. The molecule has 1 aromatic heterocycles. The molecule has 0 aliphatic heterocycles. The van der Waals surface area contributed by atoms with Gasteiger partial charge < -0.3 is 10.2 Å². The van der Waals surface area contributed by atoms with Crippen molar-refractivity contribution in [2.24, 2.45) is 0 Å². The Morgan fingerprint density at radius 2 is 2.05 bits per heavy atom. The number of hydrogen-bond acceptors (Lipinski definition) is 3. The first-order valence-corrected chi connectivity index (χ1v) is 7.13. The molecule has 0 unspecified atom stereocenters. The molecule has 0 spiro atoms. The van der Waals surface area contributed by atoms with Crippen LogP contribution in [0.15, 0.2) is 12.3 Å². The first-order chi connectivity index (χ1) is 9.13. The van der Waals surface area contributed by atoms with Crippen molar-refractivity contribution in [2.45, 2.75) is 40.5 Å². The van der Waals surface area contributed by atoms with Crippen LogP contribution in [0.5, 0.6) is 0 Å². The van der Waals surface area contributed by atoms with Crippen LogP contribution in [0.3, 0.4) is 0 Å². The summed E-state index contributed by atoms with van der Waals surface area (Å²) < 4.78 is 0. The van der Waals surface area contributed by atoms with Gasteiger partial charge in [-0.25, -0.2) is 0 Å². The van der Waals surface area contributed by atoms with Crippen molar-refractivity contribution in [3.8, 4) is 0 Å². The molecule has 19 heavy (non-hydrogen) atoms. The molecule has 1 aromatic rings. The number of aryl methyl sites for hydroxylation is 1. The van der Waals surface area contributed by atoms with Gasteiger partial charge in [0.05, 0.1) is 11.3 Å². The third-order valence-corrected chi connectivity index (χ3v) is 3.00. The number of carbonyl (C=O) groups is 1. The number of pyridine rings is 1. The molecule has 0 fully saturated rings. The largest absolute Gasteiger partial charge is 0.384 e. The fourth-order valence-electron chi connectivity index (χ4n) is 1.98. The average molecular weight is 263 g/mol. The zero-order valence-corrected chi connectivity index (χ0v) is 12.5. The number of rotatable bonds is 7. The third kappa shape index (κ3) is 4.23. The molecule has 0 bridgehead atoms. The van der Waals surface area contributed by atoms with Crippen molar-refractivity contribution < 1.29 is 4.79 Å². The minimum absolute atomic E-state index is 0.0652. The Balaban J connectivity index is 2.99. The predicted octanol–water partition coefficient (Wildman–Crippen LogP) is 3.08. The summed E-state index contributed by atoms with van der Waals surface area (Å²) in [5.74, 6) is 0.0652. The van der Waals surface area contributed by atoms with Gasteiger partial charge in [-0.15, -0.1) is 0 Å². The molecule has 0 radical (unpaired) electrons. The molecule has 0 aromatic carbocycles. The van der Waals surface area contributed by atoms with Crippen molar-refractivity contribution in [3.63, 3.8) is 0 Å². The molecule has 1 amide bonds. The second kappa shape index (κ2) is 7.77. The van der Waals surface area contributed by atoms with E-state index in [1.54, 1.807) is 6.20 Å². The van der Waals surface area contributed by atoms with Gasteiger partial charge in [0.15, 0.2) is 0 Å². The SMILES string of the molecule is CCCNc1cc(C)ncc1C(=O)N(CC)CCC. The Morgan fingerprint density at radius 1 is 1.32 bits per heavy atom. The van der Waals surface area contributed by atoms with Crippen molar-refractivity contribution in [1.82, 2.24) is 9.88 Å². The van der Waals surface area contributed by atoms with Crippen LogP contribution in [0.2, 0.25) is 0 Å². The predicted molar refractivity (Wildman–Crippen MR) is 79.6 cm³/mol. The van der Waals surface area contributed by atoms with E-state index in [0.29, 0.717) is 5.56 Å². The summed E-state index contributed by atoms with van der Waals surface area (Å²) in [6.07, 6.45) is 3.69. The Hall–Kier alpha value is -1.58.